The Hall–Kier alpha value is -2.84. The van der Waals surface area contributed by atoms with Gasteiger partial charge in [-0.3, -0.25) is 15.1 Å². The molecule has 0 aliphatic rings. The molecular weight excluding hydrogens is 291 g/mol. The van der Waals surface area contributed by atoms with Crippen LogP contribution < -0.4 is 10.6 Å². The van der Waals surface area contributed by atoms with Crippen LogP contribution in [0.4, 0.5) is 29.3 Å². The van der Waals surface area contributed by atoms with Crippen molar-refractivity contribution in [3.8, 4) is 0 Å². The molecule has 0 saturated carbocycles. The highest BCUT2D eigenvalue weighted by molar-refractivity contribution is 6.09. The average Bonchev–Trinajstić information content (AvgIpc) is 2.40. The van der Waals surface area contributed by atoms with E-state index in [0.29, 0.717) is 5.39 Å². The SMILES string of the molecule is O=C(O)Nc1ccc(NC(=O)C(F)(F)F)c2cnccc12. The fourth-order valence-corrected chi connectivity index (χ4v) is 1.72. The lowest BCUT2D eigenvalue weighted by Crippen LogP contribution is -2.30. The molecule has 1 aromatic heterocycles. The van der Waals surface area contributed by atoms with Gasteiger partial charge in [-0.25, -0.2) is 4.79 Å². The lowest BCUT2D eigenvalue weighted by atomic mass is 10.1. The number of carbonyl (C=O) groups excluding carboxylic acids is 1. The molecule has 2 rings (SSSR count). The minimum Gasteiger partial charge on any atom is -0.465 e. The molecular formula is C12H8F3N3O3. The molecule has 0 fully saturated rings. The summed E-state index contributed by atoms with van der Waals surface area (Å²) < 4.78 is 36.8. The zero-order valence-electron chi connectivity index (χ0n) is 10.2. The van der Waals surface area contributed by atoms with E-state index in [9.17, 15) is 22.8 Å². The number of aromatic nitrogens is 1. The van der Waals surface area contributed by atoms with Gasteiger partial charge in [0.15, 0.2) is 0 Å². The van der Waals surface area contributed by atoms with Crippen molar-refractivity contribution in [2.75, 3.05) is 10.6 Å². The Bertz CT molecular complexity index is 716. The van der Waals surface area contributed by atoms with Gasteiger partial charge < -0.3 is 10.4 Å². The molecule has 110 valence electrons. The highest BCUT2D eigenvalue weighted by Gasteiger charge is 2.38. The summed E-state index contributed by atoms with van der Waals surface area (Å²) in [4.78, 5) is 25.4. The number of benzene rings is 1. The summed E-state index contributed by atoms with van der Waals surface area (Å²) in [5.74, 6) is -2.12. The van der Waals surface area contributed by atoms with Crippen molar-refractivity contribution in [2.24, 2.45) is 0 Å². The number of alkyl halides is 3. The minimum atomic E-state index is -5.02. The highest BCUT2D eigenvalue weighted by atomic mass is 19.4. The van der Waals surface area contributed by atoms with Gasteiger partial charge in [0.25, 0.3) is 0 Å². The van der Waals surface area contributed by atoms with Crippen LogP contribution in [0.2, 0.25) is 0 Å². The van der Waals surface area contributed by atoms with E-state index in [1.807, 2.05) is 0 Å². The average molecular weight is 299 g/mol. The van der Waals surface area contributed by atoms with E-state index in [1.54, 1.807) is 5.32 Å². The topological polar surface area (TPSA) is 91.3 Å². The lowest BCUT2D eigenvalue weighted by molar-refractivity contribution is -0.167. The number of nitrogens with one attached hydrogen (secondary N) is 2. The van der Waals surface area contributed by atoms with Crippen molar-refractivity contribution >= 4 is 34.1 Å². The minimum absolute atomic E-state index is 0.114. The number of pyridine rings is 1. The third-order valence-electron chi connectivity index (χ3n) is 2.57. The molecule has 1 heterocycles. The van der Waals surface area contributed by atoms with E-state index in [-0.39, 0.29) is 16.8 Å². The van der Waals surface area contributed by atoms with Crippen LogP contribution in [-0.2, 0) is 4.79 Å². The van der Waals surface area contributed by atoms with Crippen LogP contribution in [0.3, 0.4) is 0 Å². The Morgan fingerprint density at radius 2 is 1.67 bits per heavy atom. The first-order valence-corrected chi connectivity index (χ1v) is 5.54. The van der Waals surface area contributed by atoms with Gasteiger partial charge in [0, 0.05) is 23.2 Å². The van der Waals surface area contributed by atoms with Gasteiger partial charge >= 0.3 is 18.2 Å². The second-order valence-electron chi connectivity index (χ2n) is 3.96. The number of halogens is 3. The van der Waals surface area contributed by atoms with Gasteiger partial charge in [0.1, 0.15) is 0 Å². The molecule has 0 spiro atoms. The number of rotatable bonds is 2. The van der Waals surface area contributed by atoms with E-state index < -0.39 is 18.2 Å². The Kier molecular flexibility index (Phi) is 3.66. The van der Waals surface area contributed by atoms with Crippen LogP contribution in [0.15, 0.2) is 30.6 Å². The molecule has 9 heteroatoms. The van der Waals surface area contributed by atoms with Crippen molar-refractivity contribution in [3.05, 3.63) is 30.6 Å². The van der Waals surface area contributed by atoms with Gasteiger partial charge in [0.05, 0.1) is 11.4 Å². The molecule has 3 N–H and O–H groups in total. The van der Waals surface area contributed by atoms with Crippen LogP contribution in [-0.4, -0.2) is 28.3 Å². The molecule has 1 aromatic carbocycles. The number of carboxylic acid groups (broad SMARTS) is 1. The zero-order chi connectivity index (χ0) is 15.6. The summed E-state index contributed by atoms with van der Waals surface area (Å²) in [5.41, 5.74) is 0.0567. The van der Waals surface area contributed by atoms with Crippen LogP contribution >= 0.6 is 0 Å². The van der Waals surface area contributed by atoms with E-state index >= 15 is 0 Å². The van der Waals surface area contributed by atoms with Crippen molar-refractivity contribution in [1.82, 2.24) is 4.98 Å². The first-order valence-electron chi connectivity index (χ1n) is 5.54. The normalized spacial score (nSPS) is 11.2. The molecule has 2 amide bonds. The first kappa shape index (κ1) is 14.6. The Labute approximate surface area is 115 Å². The largest absolute Gasteiger partial charge is 0.471 e. The molecule has 0 atom stereocenters. The number of hydrogen-bond acceptors (Lipinski definition) is 3. The highest BCUT2D eigenvalue weighted by Crippen LogP contribution is 2.30. The second-order valence-corrected chi connectivity index (χ2v) is 3.96. The quantitative estimate of drug-likeness (QED) is 0.795. The summed E-state index contributed by atoms with van der Waals surface area (Å²) in [6.07, 6.45) is -3.76. The number of fused-ring (bicyclic) bond motifs is 1. The van der Waals surface area contributed by atoms with Crippen molar-refractivity contribution < 1.29 is 27.9 Å². The van der Waals surface area contributed by atoms with Crippen molar-refractivity contribution in [3.63, 3.8) is 0 Å². The maximum atomic E-state index is 12.3. The van der Waals surface area contributed by atoms with Crippen LogP contribution in [0, 0.1) is 0 Å². The smallest absolute Gasteiger partial charge is 0.465 e. The van der Waals surface area contributed by atoms with E-state index in [4.69, 9.17) is 5.11 Å². The van der Waals surface area contributed by atoms with E-state index in [2.05, 4.69) is 10.3 Å². The van der Waals surface area contributed by atoms with E-state index in [0.717, 1.165) is 0 Å². The summed E-state index contributed by atoms with van der Waals surface area (Å²) in [6, 6.07) is 3.84. The van der Waals surface area contributed by atoms with Crippen molar-refractivity contribution in [2.45, 2.75) is 6.18 Å². The third kappa shape index (κ3) is 3.19. The van der Waals surface area contributed by atoms with Gasteiger partial charge in [0.2, 0.25) is 0 Å². The Morgan fingerprint density at radius 3 is 2.24 bits per heavy atom. The summed E-state index contributed by atoms with van der Waals surface area (Å²) in [7, 11) is 0. The summed E-state index contributed by atoms with van der Waals surface area (Å²) in [6.45, 7) is 0. The van der Waals surface area contributed by atoms with Gasteiger partial charge in [-0.05, 0) is 18.2 Å². The summed E-state index contributed by atoms with van der Waals surface area (Å²) in [5, 5.41) is 13.0. The third-order valence-corrected chi connectivity index (χ3v) is 2.57. The predicted molar refractivity (Wildman–Crippen MR) is 68.1 cm³/mol. The van der Waals surface area contributed by atoms with Crippen LogP contribution in [0.1, 0.15) is 0 Å². The molecule has 0 saturated heterocycles. The standard InChI is InChI=1S/C12H8F3N3O3/c13-12(14,15)10(19)17-9-2-1-8(18-11(20)21)6-3-4-16-5-7(6)9/h1-5,18H,(H,17,19)(H,20,21). The molecule has 0 aliphatic carbocycles. The number of amides is 2. The lowest BCUT2D eigenvalue weighted by Gasteiger charge is -2.12. The Morgan fingerprint density at radius 1 is 1.05 bits per heavy atom. The van der Waals surface area contributed by atoms with Crippen LogP contribution in [0.5, 0.6) is 0 Å². The number of hydrogen-bond donors (Lipinski definition) is 3. The Balaban J connectivity index is 2.48. The monoisotopic (exact) mass is 299 g/mol. The van der Waals surface area contributed by atoms with E-state index in [1.165, 1.54) is 30.6 Å². The first-order chi connectivity index (χ1) is 9.79. The van der Waals surface area contributed by atoms with Crippen LogP contribution in [0.25, 0.3) is 10.8 Å². The number of nitrogens with zero attached hydrogens (tertiary/aromatic N) is 1. The van der Waals surface area contributed by atoms with Gasteiger partial charge in [-0.2, -0.15) is 13.2 Å². The second kappa shape index (κ2) is 5.27. The maximum absolute atomic E-state index is 12.3. The zero-order valence-corrected chi connectivity index (χ0v) is 10.2. The fourth-order valence-electron chi connectivity index (χ4n) is 1.72. The molecule has 0 bridgehead atoms. The molecule has 2 aromatic rings. The van der Waals surface area contributed by atoms with Gasteiger partial charge in [-0.15, -0.1) is 0 Å². The summed E-state index contributed by atoms with van der Waals surface area (Å²) >= 11 is 0. The molecule has 6 nitrogen and oxygen atoms in total. The molecule has 21 heavy (non-hydrogen) atoms. The van der Waals surface area contributed by atoms with Gasteiger partial charge in [-0.1, -0.05) is 0 Å². The van der Waals surface area contributed by atoms with Crippen molar-refractivity contribution in [1.29, 1.82) is 0 Å². The fraction of sp³-hybridized carbons (Fsp3) is 0.0833. The maximum Gasteiger partial charge on any atom is 0.471 e. The molecule has 0 aliphatic heterocycles. The number of anilines is 2. The predicted octanol–water partition coefficient (Wildman–Crippen LogP) is 2.83. The number of carbonyl (C=O) groups is 2. The molecule has 0 unspecified atom stereocenters. The molecule has 0 radical (unpaired) electrons.